The van der Waals surface area contributed by atoms with Crippen molar-refractivity contribution in [1.82, 2.24) is 4.90 Å². The van der Waals surface area contributed by atoms with Gasteiger partial charge in [-0.15, -0.1) is 0 Å². The molecule has 0 aliphatic carbocycles. The standard InChI is InChI=1S/C14H25NO/c1-10(2)6-13-8-12(5)15(9-13)14(16)7-11(3)4/h7,10,12-13H,6,8-9H2,1-5H3. The summed E-state index contributed by atoms with van der Waals surface area (Å²) < 4.78 is 0. The summed E-state index contributed by atoms with van der Waals surface area (Å²) >= 11 is 0. The number of carbonyl (C=O) groups is 1. The van der Waals surface area contributed by atoms with Crippen LogP contribution in [0.15, 0.2) is 11.6 Å². The van der Waals surface area contributed by atoms with E-state index in [4.69, 9.17) is 0 Å². The smallest absolute Gasteiger partial charge is 0.246 e. The lowest BCUT2D eigenvalue weighted by Gasteiger charge is -2.20. The first-order valence-corrected chi connectivity index (χ1v) is 6.35. The third kappa shape index (κ3) is 3.66. The summed E-state index contributed by atoms with van der Waals surface area (Å²) in [4.78, 5) is 14.0. The molecule has 0 radical (unpaired) electrons. The highest BCUT2D eigenvalue weighted by Crippen LogP contribution is 2.28. The second kappa shape index (κ2) is 5.51. The van der Waals surface area contributed by atoms with Gasteiger partial charge in [0.25, 0.3) is 0 Å². The van der Waals surface area contributed by atoms with Gasteiger partial charge in [-0.25, -0.2) is 0 Å². The van der Waals surface area contributed by atoms with E-state index in [-0.39, 0.29) is 5.91 Å². The van der Waals surface area contributed by atoms with E-state index >= 15 is 0 Å². The molecule has 0 N–H and O–H groups in total. The first-order valence-electron chi connectivity index (χ1n) is 6.35. The van der Waals surface area contributed by atoms with E-state index in [0.717, 1.165) is 18.0 Å². The molecule has 1 aliphatic rings. The molecule has 92 valence electrons. The Hall–Kier alpha value is -0.790. The van der Waals surface area contributed by atoms with Crippen LogP contribution in [0.5, 0.6) is 0 Å². The molecule has 1 heterocycles. The number of rotatable bonds is 3. The van der Waals surface area contributed by atoms with Crippen LogP contribution >= 0.6 is 0 Å². The monoisotopic (exact) mass is 223 g/mol. The third-order valence-corrected chi connectivity index (χ3v) is 3.16. The van der Waals surface area contributed by atoms with Crippen molar-refractivity contribution in [1.29, 1.82) is 0 Å². The van der Waals surface area contributed by atoms with Crippen molar-refractivity contribution >= 4 is 5.91 Å². The summed E-state index contributed by atoms with van der Waals surface area (Å²) in [5.74, 6) is 1.62. The molecule has 2 unspecified atom stereocenters. The van der Waals surface area contributed by atoms with Crippen molar-refractivity contribution in [3.8, 4) is 0 Å². The second-order valence-corrected chi connectivity index (χ2v) is 5.79. The maximum absolute atomic E-state index is 11.9. The van der Waals surface area contributed by atoms with Gasteiger partial charge in [0.15, 0.2) is 0 Å². The fourth-order valence-electron chi connectivity index (χ4n) is 2.62. The maximum Gasteiger partial charge on any atom is 0.246 e. The van der Waals surface area contributed by atoms with Crippen molar-refractivity contribution in [2.24, 2.45) is 11.8 Å². The quantitative estimate of drug-likeness (QED) is 0.673. The predicted molar refractivity (Wildman–Crippen MR) is 68.2 cm³/mol. The van der Waals surface area contributed by atoms with Gasteiger partial charge in [-0.1, -0.05) is 19.4 Å². The SMILES string of the molecule is CC(C)=CC(=O)N1CC(CC(C)C)CC1C. The lowest BCUT2D eigenvalue weighted by Crippen LogP contribution is -2.32. The summed E-state index contributed by atoms with van der Waals surface area (Å²) in [6.07, 6.45) is 4.16. The van der Waals surface area contributed by atoms with Crippen molar-refractivity contribution in [2.75, 3.05) is 6.54 Å². The molecule has 1 fully saturated rings. The summed E-state index contributed by atoms with van der Waals surface area (Å²) in [5, 5.41) is 0. The minimum atomic E-state index is 0.193. The highest BCUT2D eigenvalue weighted by atomic mass is 16.2. The summed E-state index contributed by atoms with van der Waals surface area (Å²) in [6.45, 7) is 11.6. The van der Waals surface area contributed by atoms with Crippen LogP contribution < -0.4 is 0 Å². The average molecular weight is 223 g/mol. The van der Waals surface area contributed by atoms with Crippen LogP contribution in [0.25, 0.3) is 0 Å². The zero-order valence-electron chi connectivity index (χ0n) is 11.3. The third-order valence-electron chi connectivity index (χ3n) is 3.16. The van der Waals surface area contributed by atoms with E-state index in [2.05, 4.69) is 20.8 Å². The molecule has 16 heavy (non-hydrogen) atoms. The Bertz CT molecular complexity index is 276. The molecule has 1 amide bonds. The predicted octanol–water partition coefficient (Wildman–Crippen LogP) is 3.24. The van der Waals surface area contributed by atoms with Gasteiger partial charge in [0.1, 0.15) is 0 Å². The van der Waals surface area contributed by atoms with E-state index in [9.17, 15) is 4.79 Å². The number of nitrogens with zero attached hydrogens (tertiary/aromatic N) is 1. The van der Waals surface area contributed by atoms with Crippen molar-refractivity contribution in [3.05, 3.63) is 11.6 Å². The molecule has 0 spiro atoms. The van der Waals surface area contributed by atoms with Gasteiger partial charge >= 0.3 is 0 Å². The summed E-state index contributed by atoms with van der Waals surface area (Å²) in [7, 11) is 0. The minimum absolute atomic E-state index is 0.193. The number of carbonyl (C=O) groups excluding carboxylic acids is 1. The normalized spacial score (nSPS) is 25.0. The van der Waals surface area contributed by atoms with Crippen LogP contribution in [0.1, 0.15) is 47.5 Å². The van der Waals surface area contributed by atoms with E-state index in [1.165, 1.54) is 12.8 Å². The molecule has 0 saturated carbocycles. The van der Waals surface area contributed by atoms with Crippen molar-refractivity contribution < 1.29 is 4.79 Å². The minimum Gasteiger partial charge on any atom is -0.336 e. The summed E-state index contributed by atoms with van der Waals surface area (Å²) in [5.41, 5.74) is 1.09. The molecule has 1 aliphatic heterocycles. The van der Waals surface area contributed by atoms with Crippen molar-refractivity contribution in [3.63, 3.8) is 0 Å². The lowest BCUT2D eigenvalue weighted by molar-refractivity contribution is -0.126. The molecule has 1 saturated heterocycles. The Kier molecular flexibility index (Phi) is 4.57. The average Bonchev–Trinajstić information content (AvgIpc) is 2.44. The van der Waals surface area contributed by atoms with E-state index < -0.39 is 0 Å². The Morgan fingerprint density at radius 2 is 2.06 bits per heavy atom. The fraction of sp³-hybridized carbons (Fsp3) is 0.786. The Labute approximate surface area is 99.7 Å². The molecule has 0 aromatic rings. The Balaban J connectivity index is 2.57. The van der Waals surface area contributed by atoms with Crippen LogP contribution in [0, 0.1) is 11.8 Å². The van der Waals surface area contributed by atoms with E-state index in [0.29, 0.717) is 12.0 Å². The Morgan fingerprint density at radius 1 is 1.44 bits per heavy atom. The first-order chi connectivity index (χ1) is 7.40. The van der Waals surface area contributed by atoms with Gasteiger partial charge in [-0.2, -0.15) is 0 Å². The number of hydrogen-bond acceptors (Lipinski definition) is 1. The van der Waals surface area contributed by atoms with E-state index in [1.807, 2.05) is 18.7 Å². The molecule has 0 aromatic heterocycles. The molecule has 0 bridgehead atoms. The molecule has 0 aromatic carbocycles. The largest absolute Gasteiger partial charge is 0.336 e. The van der Waals surface area contributed by atoms with Gasteiger partial charge in [0.2, 0.25) is 5.91 Å². The number of hydrogen-bond donors (Lipinski definition) is 0. The molecule has 2 nitrogen and oxygen atoms in total. The zero-order chi connectivity index (χ0) is 12.3. The van der Waals surface area contributed by atoms with Gasteiger partial charge in [0, 0.05) is 18.7 Å². The van der Waals surface area contributed by atoms with Gasteiger partial charge in [-0.05, 0) is 45.4 Å². The number of likely N-dealkylation sites (tertiary alicyclic amines) is 1. The van der Waals surface area contributed by atoms with Crippen LogP contribution in [0.4, 0.5) is 0 Å². The topological polar surface area (TPSA) is 20.3 Å². The fourth-order valence-corrected chi connectivity index (χ4v) is 2.62. The Morgan fingerprint density at radius 3 is 2.56 bits per heavy atom. The van der Waals surface area contributed by atoms with Crippen LogP contribution in [-0.4, -0.2) is 23.4 Å². The molecular formula is C14H25NO. The molecule has 2 atom stereocenters. The second-order valence-electron chi connectivity index (χ2n) is 5.79. The highest BCUT2D eigenvalue weighted by molar-refractivity contribution is 5.88. The highest BCUT2D eigenvalue weighted by Gasteiger charge is 2.31. The first kappa shape index (κ1) is 13.3. The molecular weight excluding hydrogens is 198 g/mol. The zero-order valence-corrected chi connectivity index (χ0v) is 11.3. The number of allylic oxidation sites excluding steroid dienone is 1. The van der Waals surface area contributed by atoms with Gasteiger partial charge < -0.3 is 4.90 Å². The lowest BCUT2D eigenvalue weighted by atomic mass is 9.95. The number of amides is 1. The van der Waals surface area contributed by atoms with Crippen LogP contribution in [0.2, 0.25) is 0 Å². The van der Waals surface area contributed by atoms with Crippen LogP contribution in [-0.2, 0) is 4.79 Å². The van der Waals surface area contributed by atoms with E-state index in [1.54, 1.807) is 6.08 Å². The summed E-state index contributed by atoms with van der Waals surface area (Å²) in [6, 6.07) is 0.409. The molecule has 2 heteroatoms. The maximum atomic E-state index is 11.9. The van der Waals surface area contributed by atoms with Crippen molar-refractivity contribution in [2.45, 2.75) is 53.5 Å². The van der Waals surface area contributed by atoms with Crippen LogP contribution in [0.3, 0.4) is 0 Å². The van der Waals surface area contributed by atoms with Gasteiger partial charge in [0.05, 0.1) is 0 Å². The molecule has 1 rings (SSSR count). The van der Waals surface area contributed by atoms with Gasteiger partial charge in [-0.3, -0.25) is 4.79 Å².